The lowest BCUT2D eigenvalue weighted by molar-refractivity contribution is 0.662. The minimum absolute atomic E-state index is 0.0918. The van der Waals surface area contributed by atoms with Crippen molar-refractivity contribution < 1.29 is 0 Å². The molecular weight excluding hydrogens is 675 g/mol. The fourth-order valence-corrected chi connectivity index (χ4v) is 8.88. The lowest BCUT2D eigenvalue weighted by Gasteiger charge is -2.29. The molecule has 0 N–H and O–H groups in total. The van der Waals surface area contributed by atoms with Gasteiger partial charge < -0.3 is 4.90 Å². The Morgan fingerprint density at radius 2 is 0.857 bits per heavy atom. The van der Waals surface area contributed by atoms with Gasteiger partial charge in [0.1, 0.15) is 0 Å². The number of nitrogens with zero attached hydrogens (tertiary/aromatic N) is 1. The second-order valence-corrected chi connectivity index (χ2v) is 15.4. The number of anilines is 3. The number of hydrogen-bond donors (Lipinski definition) is 0. The maximum atomic E-state index is 2.42. The average molecular weight is 716 g/mol. The Balaban J connectivity index is 1.10. The zero-order chi connectivity index (χ0) is 37.6. The first-order chi connectivity index (χ1) is 27.5. The van der Waals surface area contributed by atoms with E-state index in [9.17, 15) is 0 Å². The number of fused-ring (bicyclic) bond motifs is 4. The van der Waals surface area contributed by atoms with Gasteiger partial charge in [-0.2, -0.15) is 0 Å². The largest absolute Gasteiger partial charge is 0.310 e. The van der Waals surface area contributed by atoms with E-state index in [4.69, 9.17) is 0 Å². The molecule has 266 valence electrons. The zero-order valence-corrected chi connectivity index (χ0v) is 31.7. The van der Waals surface area contributed by atoms with Crippen molar-refractivity contribution in [1.29, 1.82) is 0 Å². The monoisotopic (exact) mass is 715 g/mol. The SMILES string of the molecule is CC1(C)c2ccccc2-c2cccc(-c3ccc(N(c4cccc(-c5ccc6ccccc6c5)c4)c4ccccc4-c4ccc(-c5ccccc5)cc4)cc3)c21. The van der Waals surface area contributed by atoms with Crippen molar-refractivity contribution in [1.82, 2.24) is 0 Å². The Morgan fingerprint density at radius 1 is 0.321 bits per heavy atom. The molecule has 0 fully saturated rings. The van der Waals surface area contributed by atoms with Crippen LogP contribution in [-0.4, -0.2) is 0 Å². The summed E-state index contributed by atoms with van der Waals surface area (Å²) in [7, 11) is 0. The van der Waals surface area contributed by atoms with Crippen molar-refractivity contribution in [2.24, 2.45) is 0 Å². The summed E-state index contributed by atoms with van der Waals surface area (Å²) in [6, 6.07) is 77.5. The fraction of sp³-hybridized carbons (Fsp3) is 0.0545. The summed E-state index contributed by atoms with van der Waals surface area (Å²) in [6.45, 7) is 4.73. The summed E-state index contributed by atoms with van der Waals surface area (Å²) in [4.78, 5) is 2.42. The van der Waals surface area contributed by atoms with Gasteiger partial charge >= 0.3 is 0 Å². The van der Waals surface area contributed by atoms with Crippen LogP contribution in [0, 0.1) is 0 Å². The molecule has 0 bridgehead atoms. The Bertz CT molecular complexity index is 2860. The van der Waals surface area contributed by atoms with Gasteiger partial charge in [0.05, 0.1) is 5.69 Å². The minimum atomic E-state index is -0.0918. The fourth-order valence-electron chi connectivity index (χ4n) is 8.88. The van der Waals surface area contributed by atoms with E-state index in [0.29, 0.717) is 0 Å². The summed E-state index contributed by atoms with van der Waals surface area (Å²) in [5, 5.41) is 2.49. The van der Waals surface area contributed by atoms with Gasteiger partial charge in [0.2, 0.25) is 0 Å². The molecule has 0 spiro atoms. The van der Waals surface area contributed by atoms with Crippen molar-refractivity contribution in [3.05, 3.63) is 223 Å². The third kappa shape index (κ3) is 5.81. The molecule has 56 heavy (non-hydrogen) atoms. The van der Waals surface area contributed by atoms with Crippen molar-refractivity contribution in [2.45, 2.75) is 19.3 Å². The van der Waals surface area contributed by atoms with Crippen LogP contribution in [0.2, 0.25) is 0 Å². The van der Waals surface area contributed by atoms with Crippen LogP contribution >= 0.6 is 0 Å². The van der Waals surface area contributed by atoms with Crippen LogP contribution in [0.15, 0.2) is 212 Å². The molecule has 0 aromatic heterocycles. The molecule has 0 radical (unpaired) electrons. The van der Waals surface area contributed by atoms with E-state index < -0.39 is 0 Å². The molecule has 0 amide bonds. The van der Waals surface area contributed by atoms with E-state index >= 15 is 0 Å². The van der Waals surface area contributed by atoms with Crippen LogP contribution < -0.4 is 4.90 Å². The second-order valence-electron chi connectivity index (χ2n) is 15.4. The first-order valence-electron chi connectivity index (χ1n) is 19.5. The number of hydrogen-bond acceptors (Lipinski definition) is 1. The molecule has 0 heterocycles. The summed E-state index contributed by atoms with van der Waals surface area (Å²) in [5.74, 6) is 0. The molecule has 0 aliphatic heterocycles. The maximum absolute atomic E-state index is 2.42. The van der Waals surface area contributed by atoms with Gasteiger partial charge in [-0.25, -0.2) is 0 Å². The first kappa shape index (κ1) is 33.6. The highest BCUT2D eigenvalue weighted by molar-refractivity contribution is 5.93. The Morgan fingerprint density at radius 3 is 1.68 bits per heavy atom. The molecule has 9 aromatic rings. The smallest absolute Gasteiger partial charge is 0.0540 e. The third-order valence-corrected chi connectivity index (χ3v) is 11.7. The van der Waals surface area contributed by atoms with E-state index in [1.165, 1.54) is 77.5 Å². The topological polar surface area (TPSA) is 3.24 Å². The number of rotatable bonds is 7. The van der Waals surface area contributed by atoms with Gasteiger partial charge in [0.15, 0.2) is 0 Å². The van der Waals surface area contributed by atoms with Crippen LogP contribution in [0.4, 0.5) is 17.1 Å². The Kier molecular flexibility index (Phi) is 8.23. The van der Waals surface area contributed by atoms with Crippen LogP contribution in [0.25, 0.3) is 66.4 Å². The zero-order valence-electron chi connectivity index (χ0n) is 31.7. The lowest BCUT2D eigenvalue weighted by Crippen LogP contribution is -2.16. The molecule has 0 saturated heterocycles. The van der Waals surface area contributed by atoms with E-state index in [1.54, 1.807) is 0 Å². The van der Waals surface area contributed by atoms with Crippen molar-refractivity contribution in [2.75, 3.05) is 4.90 Å². The van der Waals surface area contributed by atoms with E-state index in [0.717, 1.165) is 17.1 Å². The van der Waals surface area contributed by atoms with Gasteiger partial charge in [-0.15, -0.1) is 0 Å². The van der Waals surface area contributed by atoms with Crippen LogP contribution in [0.5, 0.6) is 0 Å². The predicted octanol–water partition coefficient (Wildman–Crippen LogP) is 15.3. The van der Waals surface area contributed by atoms with Gasteiger partial charge in [0.25, 0.3) is 0 Å². The molecule has 9 aromatic carbocycles. The standard InChI is InChI=1S/C55H41N/c1-55(2)52-24-10-8-21-50(52)51-23-13-22-49(54(51)55)42-32-34-46(35-33-42)56(47-19-12-18-44(37-47)45-31-28-39-16-6-7-17-43(39)36-45)53-25-11-9-20-48(53)41-29-26-40(27-30-41)38-14-4-3-5-15-38/h3-37H,1-2H3. The number of para-hydroxylation sites is 1. The van der Waals surface area contributed by atoms with Crippen molar-refractivity contribution in [3.63, 3.8) is 0 Å². The highest BCUT2D eigenvalue weighted by Gasteiger charge is 2.37. The lowest BCUT2D eigenvalue weighted by atomic mass is 9.79. The van der Waals surface area contributed by atoms with Crippen molar-refractivity contribution in [3.8, 4) is 55.6 Å². The van der Waals surface area contributed by atoms with E-state index in [1.807, 2.05) is 0 Å². The molecule has 1 nitrogen and oxygen atoms in total. The van der Waals surface area contributed by atoms with Crippen molar-refractivity contribution >= 4 is 27.8 Å². The summed E-state index contributed by atoms with van der Waals surface area (Å²) >= 11 is 0. The summed E-state index contributed by atoms with van der Waals surface area (Å²) < 4.78 is 0. The Labute approximate surface area is 329 Å². The third-order valence-electron chi connectivity index (χ3n) is 11.7. The molecule has 10 rings (SSSR count). The molecule has 1 aliphatic rings. The molecule has 1 aliphatic carbocycles. The molecule has 0 saturated carbocycles. The second kappa shape index (κ2) is 13.7. The summed E-state index contributed by atoms with van der Waals surface area (Å²) in [6.07, 6.45) is 0. The van der Waals surface area contributed by atoms with Crippen LogP contribution in [0.3, 0.4) is 0 Å². The normalized spacial score (nSPS) is 12.6. The average Bonchev–Trinajstić information content (AvgIpc) is 3.50. The van der Waals surface area contributed by atoms with E-state index in [2.05, 4.69) is 231 Å². The quantitative estimate of drug-likeness (QED) is 0.159. The van der Waals surface area contributed by atoms with Crippen LogP contribution in [0.1, 0.15) is 25.0 Å². The molecule has 1 heteroatoms. The molecule has 0 unspecified atom stereocenters. The Hall–Kier alpha value is -6.96. The maximum Gasteiger partial charge on any atom is 0.0540 e. The van der Waals surface area contributed by atoms with Gasteiger partial charge in [-0.3, -0.25) is 0 Å². The highest BCUT2D eigenvalue weighted by atomic mass is 15.1. The van der Waals surface area contributed by atoms with Gasteiger partial charge in [-0.1, -0.05) is 190 Å². The first-order valence-corrected chi connectivity index (χ1v) is 19.5. The highest BCUT2D eigenvalue weighted by Crippen LogP contribution is 2.52. The molecule has 0 atom stereocenters. The van der Waals surface area contributed by atoms with Gasteiger partial charge in [0, 0.05) is 22.4 Å². The van der Waals surface area contributed by atoms with Crippen LogP contribution in [-0.2, 0) is 5.41 Å². The molecular formula is C55H41N. The summed E-state index contributed by atoms with van der Waals surface area (Å²) in [5.41, 5.74) is 18.4. The predicted molar refractivity (Wildman–Crippen MR) is 238 cm³/mol. The minimum Gasteiger partial charge on any atom is -0.310 e. The van der Waals surface area contributed by atoms with E-state index in [-0.39, 0.29) is 5.41 Å². The van der Waals surface area contributed by atoms with Gasteiger partial charge in [-0.05, 0) is 108 Å². The number of benzene rings is 9.